The molecular weight excluding hydrogens is 430 g/mol. The van der Waals surface area contributed by atoms with Gasteiger partial charge >= 0.3 is 0 Å². The van der Waals surface area contributed by atoms with Crippen molar-refractivity contribution < 1.29 is 14.2 Å². The number of nitrogens with zero attached hydrogens (tertiary/aromatic N) is 3. The molecule has 2 N–H and O–H groups in total. The molecule has 0 atom stereocenters. The van der Waals surface area contributed by atoms with Crippen LogP contribution in [-0.2, 0) is 4.74 Å². The van der Waals surface area contributed by atoms with Gasteiger partial charge in [0.2, 0.25) is 0 Å². The van der Waals surface area contributed by atoms with Crippen molar-refractivity contribution in [2.45, 2.75) is 6.92 Å². The lowest BCUT2D eigenvalue weighted by Gasteiger charge is -2.26. The molecule has 0 spiro atoms. The first kappa shape index (κ1) is 22.2. The van der Waals surface area contributed by atoms with E-state index in [1.807, 2.05) is 55.5 Å². The molecule has 1 aliphatic rings. The van der Waals surface area contributed by atoms with Crippen LogP contribution in [0.1, 0.15) is 5.69 Å². The van der Waals surface area contributed by atoms with Gasteiger partial charge in [-0.15, -0.1) is 0 Å². The van der Waals surface area contributed by atoms with E-state index >= 15 is 0 Å². The van der Waals surface area contributed by atoms with Gasteiger partial charge in [0, 0.05) is 42.3 Å². The van der Waals surface area contributed by atoms with Gasteiger partial charge in [-0.05, 0) is 48.7 Å². The van der Waals surface area contributed by atoms with Crippen molar-refractivity contribution in [1.29, 1.82) is 0 Å². The van der Waals surface area contributed by atoms with E-state index in [4.69, 9.17) is 19.2 Å². The van der Waals surface area contributed by atoms with Gasteiger partial charge in [-0.1, -0.05) is 12.1 Å². The fourth-order valence-electron chi connectivity index (χ4n) is 4.11. The lowest BCUT2D eigenvalue weighted by molar-refractivity contribution is 0.0322. The van der Waals surface area contributed by atoms with Gasteiger partial charge in [-0.3, -0.25) is 10.00 Å². The first-order chi connectivity index (χ1) is 16.7. The minimum Gasteiger partial charge on any atom is -0.497 e. The van der Waals surface area contributed by atoms with E-state index in [0.29, 0.717) is 12.4 Å². The quantitative estimate of drug-likeness (QED) is 0.404. The molecule has 1 saturated heterocycles. The number of rotatable bonds is 8. The van der Waals surface area contributed by atoms with Crippen molar-refractivity contribution in [3.8, 4) is 22.8 Å². The highest BCUT2D eigenvalue weighted by Gasteiger charge is 2.13. The molecular formula is C26H29N5O3. The highest BCUT2D eigenvalue weighted by atomic mass is 16.5. The van der Waals surface area contributed by atoms with Crippen LogP contribution >= 0.6 is 0 Å². The summed E-state index contributed by atoms with van der Waals surface area (Å²) >= 11 is 0. The molecule has 1 fully saturated rings. The molecule has 0 bridgehead atoms. The Kier molecular flexibility index (Phi) is 6.60. The van der Waals surface area contributed by atoms with E-state index in [9.17, 15) is 0 Å². The van der Waals surface area contributed by atoms with E-state index in [1.54, 1.807) is 7.11 Å². The molecule has 3 heterocycles. The van der Waals surface area contributed by atoms with Crippen LogP contribution in [0.4, 0.5) is 11.6 Å². The summed E-state index contributed by atoms with van der Waals surface area (Å²) in [5.74, 6) is 3.06. The number of benzene rings is 2. The summed E-state index contributed by atoms with van der Waals surface area (Å²) in [4.78, 5) is 7.31. The maximum atomic E-state index is 6.09. The highest BCUT2D eigenvalue weighted by molar-refractivity contribution is 5.97. The maximum Gasteiger partial charge on any atom is 0.153 e. The molecule has 176 valence electrons. The fraction of sp³-hybridized carbons (Fsp3) is 0.308. The fourth-order valence-corrected chi connectivity index (χ4v) is 4.11. The van der Waals surface area contributed by atoms with E-state index in [2.05, 4.69) is 26.5 Å². The first-order valence-corrected chi connectivity index (χ1v) is 11.5. The Morgan fingerprint density at radius 3 is 2.71 bits per heavy atom. The molecule has 0 unspecified atom stereocenters. The average molecular weight is 460 g/mol. The Balaban J connectivity index is 1.43. The second kappa shape index (κ2) is 10.1. The zero-order chi connectivity index (χ0) is 23.3. The zero-order valence-corrected chi connectivity index (χ0v) is 19.5. The number of hydrogen-bond acceptors (Lipinski definition) is 7. The van der Waals surface area contributed by atoms with E-state index in [0.717, 1.165) is 77.9 Å². The number of nitrogens with one attached hydrogen (secondary N) is 2. The van der Waals surface area contributed by atoms with Crippen LogP contribution in [0, 0.1) is 6.92 Å². The number of H-pyrrole nitrogens is 1. The van der Waals surface area contributed by atoms with E-state index < -0.39 is 0 Å². The molecule has 0 amide bonds. The average Bonchev–Trinajstić information content (AvgIpc) is 3.28. The van der Waals surface area contributed by atoms with Gasteiger partial charge in [-0.25, -0.2) is 4.98 Å². The lowest BCUT2D eigenvalue weighted by atomic mass is 10.0. The number of anilines is 2. The third-order valence-corrected chi connectivity index (χ3v) is 5.89. The molecule has 34 heavy (non-hydrogen) atoms. The standard InChI is InChI=1S/C26H29N5O3/c1-18-14-25(30-29-18)27-24-17-20-16-21(32-2)6-7-23(20)26(28-24)19-4-3-5-22(15-19)34-13-10-31-8-11-33-12-9-31/h3-7,14-17H,8-13H2,1-2H3,(H2,27,28,29,30). The number of morpholine rings is 1. The Morgan fingerprint density at radius 1 is 1.03 bits per heavy atom. The number of fused-ring (bicyclic) bond motifs is 1. The number of ether oxygens (including phenoxy) is 3. The minimum atomic E-state index is 0.634. The van der Waals surface area contributed by atoms with Gasteiger partial charge in [0.05, 0.1) is 26.0 Å². The van der Waals surface area contributed by atoms with Crippen LogP contribution < -0.4 is 14.8 Å². The number of methoxy groups -OCH3 is 1. The lowest BCUT2D eigenvalue weighted by Crippen LogP contribution is -2.38. The second-order valence-corrected chi connectivity index (χ2v) is 8.33. The molecule has 0 radical (unpaired) electrons. The van der Waals surface area contributed by atoms with Crippen molar-refractivity contribution in [3.63, 3.8) is 0 Å². The number of aromatic nitrogens is 3. The Labute approximate surface area is 198 Å². The molecule has 8 nitrogen and oxygen atoms in total. The first-order valence-electron chi connectivity index (χ1n) is 11.5. The monoisotopic (exact) mass is 459 g/mol. The van der Waals surface area contributed by atoms with Crippen LogP contribution in [0.25, 0.3) is 22.0 Å². The number of aromatic amines is 1. The third kappa shape index (κ3) is 5.13. The molecule has 5 rings (SSSR count). The molecule has 2 aromatic carbocycles. The summed E-state index contributed by atoms with van der Waals surface area (Å²) in [5.41, 5.74) is 2.83. The predicted molar refractivity (Wildman–Crippen MR) is 133 cm³/mol. The summed E-state index contributed by atoms with van der Waals surface area (Å²) < 4.78 is 17.0. The SMILES string of the molecule is COc1ccc2c(-c3cccc(OCCN4CCOCC4)c3)nc(Nc3cc(C)[nH]n3)cc2c1. The van der Waals surface area contributed by atoms with Crippen LogP contribution in [0.2, 0.25) is 0 Å². The minimum absolute atomic E-state index is 0.634. The van der Waals surface area contributed by atoms with E-state index in [-0.39, 0.29) is 0 Å². The molecule has 2 aromatic heterocycles. The van der Waals surface area contributed by atoms with Crippen LogP contribution in [0.3, 0.4) is 0 Å². The molecule has 1 aliphatic heterocycles. The molecule has 4 aromatic rings. The van der Waals surface area contributed by atoms with Gasteiger partial charge in [-0.2, -0.15) is 5.10 Å². The van der Waals surface area contributed by atoms with Crippen molar-refractivity contribution >= 4 is 22.4 Å². The van der Waals surface area contributed by atoms with Crippen molar-refractivity contribution in [2.75, 3.05) is 51.9 Å². The zero-order valence-electron chi connectivity index (χ0n) is 19.5. The van der Waals surface area contributed by atoms with Crippen LogP contribution in [-0.4, -0.2) is 66.6 Å². The summed E-state index contributed by atoms with van der Waals surface area (Å²) in [6.07, 6.45) is 0. The number of aryl methyl sites for hydroxylation is 1. The van der Waals surface area contributed by atoms with Crippen LogP contribution in [0.5, 0.6) is 11.5 Å². The van der Waals surface area contributed by atoms with Gasteiger partial charge in [0.15, 0.2) is 5.82 Å². The number of pyridine rings is 1. The van der Waals surface area contributed by atoms with Crippen molar-refractivity contribution in [2.24, 2.45) is 0 Å². The summed E-state index contributed by atoms with van der Waals surface area (Å²) in [5, 5.41) is 12.6. The van der Waals surface area contributed by atoms with Gasteiger partial charge in [0.25, 0.3) is 0 Å². The summed E-state index contributed by atoms with van der Waals surface area (Å²) in [6, 6.07) is 18.1. The highest BCUT2D eigenvalue weighted by Crippen LogP contribution is 2.33. The molecule has 0 saturated carbocycles. The number of hydrogen-bond donors (Lipinski definition) is 2. The third-order valence-electron chi connectivity index (χ3n) is 5.89. The Hall–Kier alpha value is -3.62. The Bertz CT molecular complexity index is 1270. The summed E-state index contributed by atoms with van der Waals surface area (Å²) in [7, 11) is 1.67. The van der Waals surface area contributed by atoms with Crippen molar-refractivity contribution in [1.82, 2.24) is 20.1 Å². The Morgan fingerprint density at radius 2 is 1.91 bits per heavy atom. The predicted octanol–water partition coefficient (Wildman–Crippen LogP) is 4.40. The topological polar surface area (TPSA) is 84.5 Å². The molecule has 8 heteroatoms. The maximum absolute atomic E-state index is 6.09. The van der Waals surface area contributed by atoms with Crippen LogP contribution in [0.15, 0.2) is 54.6 Å². The van der Waals surface area contributed by atoms with Gasteiger partial charge in [0.1, 0.15) is 23.9 Å². The smallest absolute Gasteiger partial charge is 0.153 e. The second-order valence-electron chi connectivity index (χ2n) is 8.33. The molecule has 0 aliphatic carbocycles. The van der Waals surface area contributed by atoms with Gasteiger partial charge < -0.3 is 19.5 Å². The summed E-state index contributed by atoms with van der Waals surface area (Å²) in [6.45, 7) is 6.98. The van der Waals surface area contributed by atoms with Crippen molar-refractivity contribution in [3.05, 3.63) is 60.3 Å². The largest absolute Gasteiger partial charge is 0.497 e. The normalized spacial score (nSPS) is 14.3. The van der Waals surface area contributed by atoms with E-state index in [1.165, 1.54) is 0 Å².